The average Bonchev–Trinajstić information content (AvgIpc) is 3.56. The van der Waals surface area contributed by atoms with E-state index in [1.165, 1.54) is 25.4 Å². The van der Waals surface area contributed by atoms with Gasteiger partial charge in [-0.15, -0.1) is 0 Å². The number of unbranched alkanes of at least 4 members (excludes halogenated alkanes) is 2. The lowest BCUT2D eigenvalue weighted by Crippen LogP contribution is -2.54. The molecule has 0 radical (unpaired) electrons. The van der Waals surface area contributed by atoms with Crippen LogP contribution in [0.2, 0.25) is 0 Å². The fraction of sp³-hybridized carbons (Fsp3) is 0.324. The van der Waals surface area contributed by atoms with Gasteiger partial charge in [0.1, 0.15) is 17.6 Å². The van der Waals surface area contributed by atoms with Crippen molar-refractivity contribution in [2.75, 3.05) is 29.0 Å². The highest BCUT2D eigenvalue weighted by Gasteiger charge is 2.47. The van der Waals surface area contributed by atoms with Crippen LogP contribution in [0.25, 0.3) is 11.0 Å². The number of nitrogens with zero attached hydrogens (tertiary/aromatic N) is 3. The molecular weight excluding hydrogens is 711 g/mol. The Morgan fingerprint density at radius 1 is 1.02 bits per heavy atom. The Morgan fingerprint density at radius 2 is 1.74 bits per heavy atom. The molecule has 1 unspecified atom stereocenters. The van der Waals surface area contributed by atoms with Crippen LogP contribution in [0, 0.1) is 18.6 Å². The van der Waals surface area contributed by atoms with Gasteiger partial charge in [0.25, 0.3) is 11.8 Å². The first kappa shape index (κ1) is 36.6. The third kappa shape index (κ3) is 7.73. The van der Waals surface area contributed by atoms with E-state index < -0.39 is 70.9 Å². The quantitative estimate of drug-likeness (QED) is 0.0722. The highest BCUT2D eigenvalue weighted by atomic mass is 19.4. The van der Waals surface area contributed by atoms with Gasteiger partial charge >= 0.3 is 12.2 Å². The maximum atomic E-state index is 14.1. The number of furan rings is 1. The summed E-state index contributed by atoms with van der Waals surface area (Å²) in [7, 11) is 0. The number of aryl methyl sites for hydroxylation is 1. The first-order valence-corrected chi connectivity index (χ1v) is 16.4. The van der Waals surface area contributed by atoms with Crippen LogP contribution < -0.4 is 26.6 Å². The Labute approximate surface area is 296 Å². The van der Waals surface area contributed by atoms with Crippen LogP contribution in [-0.2, 0) is 9.59 Å². The van der Waals surface area contributed by atoms with Crippen molar-refractivity contribution in [3.63, 3.8) is 0 Å². The number of aromatic nitrogens is 2. The summed E-state index contributed by atoms with van der Waals surface area (Å²) in [6, 6.07) is 1.12. The van der Waals surface area contributed by atoms with Crippen LogP contribution in [0.15, 0.2) is 47.1 Å². The summed E-state index contributed by atoms with van der Waals surface area (Å²) in [5.74, 6) is -5.13. The lowest BCUT2D eigenvalue weighted by molar-refractivity contribution is -0.158. The van der Waals surface area contributed by atoms with Crippen LogP contribution >= 0.6 is 0 Å². The van der Waals surface area contributed by atoms with E-state index in [9.17, 15) is 45.9 Å². The average molecular weight is 743 g/mol. The van der Waals surface area contributed by atoms with Crippen LogP contribution in [0.4, 0.5) is 44.1 Å². The van der Waals surface area contributed by atoms with Crippen molar-refractivity contribution >= 4 is 58.0 Å². The first-order valence-electron chi connectivity index (χ1n) is 16.4. The number of rotatable bonds is 12. The molecule has 19 heteroatoms. The number of alkyl halides is 3. The SMILES string of the molecule is Cc1c([C@@H](NC(=O)Nc2cnc(NCCCCCNc3cccc4c3C(=O)N(C3CCC(=O)NC3=O)C4=O)nc2)C(F)(F)F)oc2c(F)cc(F)cc12. The molecular formula is C34H31F5N8O6. The second-order valence-corrected chi connectivity index (χ2v) is 12.3. The molecule has 1 saturated heterocycles. The van der Waals surface area contributed by atoms with E-state index in [-0.39, 0.29) is 46.6 Å². The normalized spacial score (nSPS) is 16.4. The number of anilines is 3. The van der Waals surface area contributed by atoms with Crippen molar-refractivity contribution in [3.05, 3.63) is 76.8 Å². The fourth-order valence-electron chi connectivity index (χ4n) is 6.13. The Hall–Kier alpha value is -6.14. The molecule has 2 aliphatic heterocycles. The second kappa shape index (κ2) is 14.8. The number of urea groups is 1. The van der Waals surface area contributed by atoms with Gasteiger partial charge in [0, 0.05) is 42.2 Å². The van der Waals surface area contributed by atoms with Gasteiger partial charge in [-0.1, -0.05) is 6.07 Å². The summed E-state index contributed by atoms with van der Waals surface area (Å²) in [6.45, 7) is 2.12. The number of nitrogens with one attached hydrogen (secondary N) is 5. The van der Waals surface area contributed by atoms with E-state index in [1.807, 2.05) is 0 Å². The molecule has 5 N–H and O–H groups in total. The van der Waals surface area contributed by atoms with Gasteiger partial charge in [-0.25, -0.2) is 23.5 Å². The predicted octanol–water partition coefficient (Wildman–Crippen LogP) is 5.33. The van der Waals surface area contributed by atoms with Crippen LogP contribution in [0.3, 0.4) is 0 Å². The molecule has 2 aliphatic rings. The molecule has 278 valence electrons. The maximum Gasteiger partial charge on any atom is 0.416 e. The lowest BCUT2D eigenvalue weighted by Gasteiger charge is -2.27. The van der Waals surface area contributed by atoms with E-state index in [1.54, 1.807) is 17.4 Å². The number of halogens is 5. The van der Waals surface area contributed by atoms with E-state index in [4.69, 9.17) is 4.42 Å². The predicted molar refractivity (Wildman–Crippen MR) is 178 cm³/mol. The monoisotopic (exact) mass is 742 g/mol. The molecule has 1 fully saturated rings. The Balaban J connectivity index is 0.948. The molecule has 0 saturated carbocycles. The highest BCUT2D eigenvalue weighted by Crippen LogP contribution is 2.39. The minimum absolute atomic E-state index is 0.0229. The molecule has 4 aromatic rings. The summed E-state index contributed by atoms with van der Waals surface area (Å²) < 4.78 is 74.8. The number of fused-ring (bicyclic) bond motifs is 2. The summed E-state index contributed by atoms with van der Waals surface area (Å²) in [5, 5.41) is 12.1. The summed E-state index contributed by atoms with van der Waals surface area (Å²) >= 11 is 0. The van der Waals surface area contributed by atoms with Crippen molar-refractivity contribution in [2.24, 2.45) is 0 Å². The number of carbonyl (C=O) groups is 5. The van der Waals surface area contributed by atoms with Crippen LogP contribution in [-0.4, -0.2) is 69.8 Å². The topological polar surface area (TPSA) is 188 Å². The van der Waals surface area contributed by atoms with Gasteiger partial charge in [-0.2, -0.15) is 13.2 Å². The zero-order chi connectivity index (χ0) is 38.0. The number of amides is 6. The standard InChI is InChI=1S/C34H31F5N8O6/c1-16-20-12-17(35)13-21(36)27(20)53-26(16)28(34(37,38)39)46-33(52)44-18-14-42-32(43-15-18)41-11-4-2-3-10-40-22-7-5-6-19-25(22)31(51)47(30(19)50)23-8-9-24(48)45-29(23)49/h5-7,12-15,23,28,40H,2-4,8-11H2,1H3,(H,41,42,43)(H2,44,46,52)(H,45,48,49)/t23?,28-/m1/s1. The molecule has 0 aliphatic carbocycles. The zero-order valence-electron chi connectivity index (χ0n) is 27.8. The molecule has 6 amide bonds. The number of hydrogen-bond donors (Lipinski definition) is 5. The number of benzene rings is 2. The van der Waals surface area contributed by atoms with Gasteiger partial charge in [-0.3, -0.25) is 29.4 Å². The van der Waals surface area contributed by atoms with Gasteiger partial charge in [0.15, 0.2) is 17.4 Å². The molecule has 0 bridgehead atoms. The molecule has 14 nitrogen and oxygen atoms in total. The number of carbonyl (C=O) groups excluding carboxylic acids is 5. The summed E-state index contributed by atoms with van der Waals surface area (Å²) in [6.07, 6.45) is -0.517. The van der Waals surface area contributed by atoms with Gasteiger partial charge in [-0.05, 0) is 50.8 Å². The zero-order valence-corrected chi connectivity index (χ0v) is 27.8. The smallest absolute Gasteiger partial charge is 0.416 e. The molecule has 2 aromatic carbocycles. The summed E-state index contributed by atoms with van der Waals surface area (Å²) in [5.41, 5.74) is 0.0155. The van der Waals surface area contributed by atoms with Gasteiger partial charge < -0.3 is 25.7 Å². The van der Waals surface area contributed by atoms with Crippen molar-refractivity contribution in [2.45, 2.75) is 57.3 Å². The van der Waals surface area contributed by atoms with E-state index in [2.05, 4.69) is 31.2 Å². The third-order valence-corrected chi connectivity index (χ3v) is 8.69. The van der Waals surface area contributed by atoms with E-state index in [0.29, 0.717) is 37.7 Å². The fourth-order valence-corrected chi connectivity index (χ4v) is 6.13. The van der Waals surface area contributed by atoms with Gasteiger partial charge in [0.2, 0.25) is 17.8 Å². The van der Waals surface area contributed by atoms with E-state index in [0.717, 1.165) is 17.4 Å². The van der Waals surface area contributed by atoms with E-state index >= 15 is 0 Å². The number of piperidine rings is 1. The minimum Gasteiger partial charge on any atom is -0.455 e. The Morgan fingerprint density at radius 3 is 2.43 bits per heavy atom. The Kier molecular flexibility index (Phi) is 10.3. The van der Waals surface area contributed by atoms with Crippen LogP contribution in [0.1, 0.15) is 70.2 Å². The van der Waals surface area contributed by atoms with Crippen molar-refractivity contribution in [1.82, 2.24) is 25.5 Å². The van der Waals surface area contributed by atoms with Crippen molar-refractivity contribution in [3.8, 4) is 0 Å². The van der Waals surface area contributed by atoms with Crippen LogP contribution in [0.5, 0.6) is 0 Å². The molecule has 4 heterocycles. The molecule has 6 rings (SSSR count). The number of imide groups is 2. The molecule has 0 spiro atoms. The number of hydrogen-bond acceptors (Lipinski definition) is 10. The maximum absolute atomic E-state index is 14.1. The third-order valence-electron chi connectivity index (χ3n) is 8.69. The summed E-state index contributed by atoms with van der Waals surface area (Å²) in [4.78, 5) is 71.6. The Bertz CT molecular complexity index is 2110. The van der Waals surface area contributed by atoms with Crippen molar-refractivity contribution < 1.29 is 50.3 Å². The minimum atomic E-state index is -5.05. The highest BCUT2D eigenvalue weighted by molar-refractivity contribution is 6.25. The van der Waals surface area contributed by atoms with Crippen molar-refractivity contribution in [1.29, 1.82) is 0 Å². The second-order valence-electron chi connectivity index (χ2n) is 12.3. The molecule has 2 aromatic heterocycles. The molecule has 2 atom stereocenters. The largest absolute Gasteiger partial charge is 0.455 e. The lowest BCUT2D eigenvalue weighted by atomic mass is 10.0. The molecule has 53 heavy (non-hydrogen) atoms. The first-order chi connectivity index (χ1) is 25.2. The van der Waals surface area contributed by atoms with Gasteiger partial charge in [0.05, 0.1) is 29.2 Å².